The van der Waals surface area contributed by atoms with Crippen LogP contribution >= 0.6 is 0 Å². The second-order valence-corrected chi connectivity index (χ2v) is 7.30. The summed E-state index contributed by atoms with van der Waals surface area (Å²) in [5.41, 5.74) is 5.45. The van der Waals surface area contributed by atoms with Gasteiger partial charge in [0.15, 0.2) is 0 Å². The average molecular weight is 388 g/mol. The van der Waals surface area contributed by atoms with Crippen molar-refractivity contribution in [3.8, 4) is 0 Å². The van der Waals surface area contributed by atoms with Gasteiger partial charge >= 0.3 is 5.97 Å². The van der Waals surface area contributed by atoms with Gasteiger partial charge < -0.3 is 31.9 Å². The van der Waals surface area contributed by atoms with Crippen LogP contribution in [-0.2, 0) is 19.2 Å². The van der Waals surface area contributed by atoms with Gasteiger partial charge in [-0.2, -0.15) is 0 Å². The molecule has 4 unspecified atom stereocenters. The van der Waals surface area contributed by atoms with Crippen LogP contribution in [0.4, 0.5) is 0 Å². The topological polar surface area (TPSA) is 171 Å². The number of carboxylic acids is 1. The fourth-order valence-electron chi connectivity index (χ4n) is 2.22. The number of nitrogens with one attached hydrogen (secondary N) is 3. The molecule has 0 radical (unpaired) electrons. The molecule has 0 saturated heterocycles. The van der Waals surface area contributed by atoms with Crippen LogP contribution in [0.1, 0.15) is 41.0 Å². The van der Waals surface area contributed by atoms with Crippen LogP contribution in [0.15, 0.2) is 0 Å². The van der Waals surface area contributed by atoms with E-state index >= 15 is 0 Å². The molecule has 0 rings (SSSR count). The Bertz CT molecular complexity index is 536. The van der Waals surface area contributed by atoms with Gasteiger partial charge in [-0.1, -0.05) is 27.7 Å². The van der Waals surface area contributed by atoms with Gasteiger partial charge in [0.25, 0.3) is 0 Å². The zero-order valence-corrected chi connectivity index (χ0v) is 16.5. The van der Waals surface area contributed by atoms with Crippen LogP contribution in [0.25, 0.3) is 0 Å². The summed E-state index contributed by atoms with van der Waals surface area (Å²) in [5, 5.41) is 25.7. The minimum Gasteiger partial charge on any atom is -0.480 e. The lowest BCUT2D eigenvalue weighted by atomic mass is 10.0. The normalized spacial score (nSPS) is 15.6. The Hall–Kier alpha value is -2.20. The second-order valence-electron chi connectivity index (χ2n) is 7.30. The first-order chi connectivity index (χ1) is 12.4. The van der Waals surface area contributed by atoms with E-state index in [1.54, 1.807) is 13.8 Å². The maximum Gasteiger partial charge on any atom is 0.326 e. The first kappa shape index (κ1) is 24.8. The summed E-state index contributed by atoms with van der Waals surface area (Å²) in [5.74, 6) is -3.34. The Kier molecular flexibility index (Phi) is 10.6. The molecular weight excluding hydrogens is 356 g/mol. The molecule has 7 N–H and O–H groups in total. The molecule has 156 valence electrons. The molecule has 0 bridgehead atoms. The molecule has 0 heterocycles. The Morgan fingerprint density at radius 1 is 0.963 bits per heavy atom. The summed E-state index contributed by atoms with van der Waals surface area (Å²) < 4.78 is 0. The van der Waals surface area contributed by atoms with Gasteiger partial charge in [0.2, 0.25) is 17.7 Å². The average Bonchev–Trinajstić information content (AvgIpc) is 2.54. The number of amides is 3. The van der Waals surface area contributed by atoms with E-state index in [0.717, 1.165) is 0 Å². The number of hydrogen-bond acceptors (Lipinski definition) is 6. The molecule has 0 aliphatic rings. The Labute approximate surface area is 159 Å². The van der Waals surface area contributed by atoms with Crippen molar-refractivity contribution >= 4 is 23.7 Å². The highest BCUT2D eigenvalue weighted by Crippen LogP contribution is 2.07. The molecule has 0 aromatic heterocycles. The van der Waals surface area contributed by atoms with E-state index < -0.39 is 54.5 Å². The van der Waals surface area contributed by atoms with Crippen molar-refractivity contribution in [2.45, 2.75) is 65.3 Å². The van der Waals surface area contributed by atoms with Crippen molar-refractivity contribution in [2.24, 2.45) is 17.6 Å². The molecular formula is C17H32N4O6. The van der Waals surface area contributed by atoms with Crippen LogP contribution in [0.2, 0.25) is 0 Å². The molecule has 0 aromatic rings. The number of carboxylic acid groups (broad SMARTS) is 1. The highest BCUT2D eigenvalue weighted by atomic mass is 16.4. The van der Waals surface area contributed by atoms with Crippen molar-refractivity contribution in [1.82, 2.24) is 16.0 Å². The van der Waals surface area contributed by atoms with Crippen LogP contribution in [0.5, 0.6) is 0 Å². The molecule has 4 atom stereocenters. The van der Waals surface area contributed by atoms with Crippen molar-refractivity contribution in [3.05, 3.63) is 0 Å². The van der Waals surface area contributed by atoms with E-state index in [1.807, 2.05) is 13.8 Å². The molecule has 0 aromatic carbocycles. The minimum absolute atomic E-state index is 0.0619. The number of hydrogen-bond donors (Lipinski definition) is 6. The predicted octanol–water partition coefficient (Wildman–Crippen LogP) is -1.43. The van der Waals surface area contributed by atoms with Crippen molar-refractivity contribution in [1.29, 1.82) is 0 Å². The third-order valence-corrected chi connectivity index (χ3v) is 3.83. The van der Waals surface area contributed by atoms with E-state index in [-0.39, 0.29) is 18.3 Å². The molecule has 3 amide bonds. The van der Waals surface area contributed by atoms with Crippen LogP contribution in [0.3, 0.4) is 0 Å². The van der Waals surface area contributed by atoms with Crippen molar-refractivity contribution in [3.63, 3.8) is 0 Å². The molecule has 0 saturated carbocycles. The van der Waals surface area contributed by atoms with Crippen molar-refractivity contribution < 1.29 is 29.4 Å². The summed E-state index contributed by atoms with van der Waals surface area (Å²) in [6, 6.07) is -3.19. The van der Waals surface area contributed by atoms with Gasteiger partial charge in [0.1, 0.15) is 18.1 Å². The summed E-state index contributed by atoms with van der Waals surface area (Å²) >= 11 is 0. The largest absolute Gasteiger partial charge is 0.480 e. The number of aliphatic hydroxyl groups excluding tert-OH is 1. The number of carbonyl (C=O) groups is 4. The van der Waals surface area contributed by atoms with Gasteiger partial charge in [0, 0.05) is 0 Å². The molecule has 27 heavy (non-hydrogen) atoms. The van der Waals surface area contributed by atoms with E-state index in [2.05, 4.69) is 16.0 Å². The fraction of sp³-hybridized carbons (Fsp3) is 0.765. The first-order valence-corrected chi connectivity index (χ1v) is 8.90. The number of rotatable bonds is 11. The fourth-order valence-corrected chi connectivity index (χ4v) is 2.22. The minimum atomic E-state index is -1.17. The summed E-state index contributed by atoms with van der Waals surface area (Å²) in [6.45, 7) is 7.99. The monoisotopic (exact) mass is 388 g/mol. The molecule has 10 nitrogen and oxygen atoms in total. The van der Waals surface area contributed by atoms with E-state index in [0.29, 0.717) is 0 Å². The summed E-state index contributed by atoms with van der Waals surface area (Å²) in [7, 11) is 0. The molecule has 0 aliphatic heterocycles. The highest BCUT2D eigenvalue weighted by molar-refractivity contribution is 5.92. The van der Waals surface area contributed by atoms with E-state index in [1.165, 1.54) is 6.92 Å². The molecule has 0 fully saturated rings. The lowest BCUT2D eigenvalue weighted by Gasteiger charge is -2.25. The first-order valence-electron chi connectivity index (χ1n) is 8.90. The number of aliphatic hydroxyl groups is 1. The highest BCUT2D eigenvalue weighted by Gasteiger charge is 2.29. The van der Waals surface area contributed by atoms with Gasteiger partial charge in [-0.25, -0.2) is 4.79 Å². The summed E-state index contributed by atoms with van der Waals surface area (Å²) in [6.07, 6.45) is -0.816. The smallest absolute Gasteiger partial charge is 0.326 e. The Morgan fingerprint density at radius 3 is 1.93 bits per heavy atom. The third kappa shape index (κ3) is 9.34. The van der Waals surface area contributed by atoms with Gasteiger partial charge in [0.05, 0.1) is 12.6 Å². The third-order valence-electron chi connectivity index (χ3n) is 3.83. The maximum atomic E-state index is 12.4. The molecule has 0 aliphatic carbocycles. The quantitative estimate of drug-likeness (QED) is 0.252. The number of carbonyl (C=O) groups excluding carboxylic acids is 3. The maximum absolute atomic E-state index is 12.4. The number of aliphatic carboxylic acids is 1. The van der Waals surface area contributed by atoms with E-state index in [9.17, 15) is 29.4 Å². The zero-order chi connectivity index (χ0) is 21.3. The SMILES string of the molecule is CC(C)CC(NC(=O)C(NC(=O)CNC(=O)C(N)C(C)O)C(C)C)C(=O)O. The van der Waals surface area contributed by atoms with Crippen LogP contribution in [-0.4, -0.2) is 64.7 Å². The zero-order valence-electron chi connectivity index (χ0n) is 16.5. The second kappa shape index (κ2) is 11.5. The molecule has 10 heteroatoms. The van der Waals surface area contributed by atoms with Gasteiger partial charge in [-0.05, 0) is 25.2 Å². The van der Waals surface area contributed by atoms with E-state index in [4.69, 9.17) is 5.73 Å². The Balaban J connectivity index is 4.83. The lowest BCUT2D eigenvalue weighted by molar-refractivity contribution is -0.143. The van der Waals surface area contributed by atoms with Gasteiger partial charge in [-0.15, -0.1) is 0 Å². The van der Waals surface area contributed by atoms with Crippen LogP contribution in [0, 0.1) is 11.8 Å². The standard InChI is InChI=1S/C17H32N4O6/c1-8(2)6-11(17(26)27)20-16(25)14(9(3)4)21-12(23)7-19-15(24)13(18)10(5)22/h8-11,13-14,22H,6-7,18H2,1-5H3,(H,19,24)(H,20,25)(H,21,23)(H,26,27). The summed E-state index contributed by atoms with van der Waals surface area (Å²) in [4.78, 5) is 47.4. The Morgan fingerprint density at radius 2 is 1.52 bits per heavy atom. The van der Waals surface area contributed by atoms with Gasteiger partial charge in [-0.3, -0.25) is 14.4 Å². The van der Waals surface area contributed by atoms with Crippen LogP contribution < -0.4 is 21.7 Å². The predicted molar refractivity (Wildman–Crippen MR) is 98.5 cm³/mol. The number of nitrogens with two attached hydrogens (primary N) is 1. The molecule has 0 spiro atoms. The lowest BCUT2D eigenvalue weighted by Crippen LogP contribution is -2.56. The van der Waals surface area contributed by atoms with Crippen molar-refractivity contribution in [2.75, 3.05) is 6.54 Å².